The van der Waals surface area contributed by atoms with Crippen LogP contribution in [-0.2, 0) is 0 Å². The van der Waals surface area contributed by atoms with Gasteiger partial charge in [0.25, 0.3) is 5.91 Å². The molecule has 3 aromatic rings. The first-order chi connectivity index (χ1) is 15.0. The van der Waals surface area contributed by atoms with Gasteiger partial charge in [0.05, 0.1) is 11.9 Å². The smallest absolute Gasteiger partial charge is 0.477 e. The third-order valence-electron chi connectivity index (χ3n) is 4.11. The zero-order chi connectivity index (χ0) is 23.5. The van der Waals surface area contributed by atoms with Crippen molar-refractivity contribution in [2.24, 2.45) is 0 Å². The number of rotatable bonds is 7. The highest BCUT2D eigenvalue weighted by atomic mass is 32.1. The predicted octanol–water partition coefficient (Wildman–Crippen LogP) is 2.52. The van der Waals surface area contributed by atoms with Crippen molar-refractivity contribution >= 4 is 36.5 Å². The molecule has 2 aromatic heterocycles. The van der Waals surface area contributed by atoms with E-state index in [1.165, 1.54) is 24.7 Å². The molecule has 1 amide bonds. The molecule has 2 N–H and O–H groups in total. The quantitative estimate of drug-likeness (QED) is 0.519. The normalized spacial score (nSPS) is 12.2. The second-order valence-electron chi connectivity index (χ2n) is 6.57. The van der Waals surface area contributed by atoms with Crippen molar-refractivity contribution in [3.05, 3.63) is 52.9 Å². The summed E-state index contributed by atoms with van der Waals surface area (Å²) in [5.74, 6) is -2.77. The predicted molar refractivity (Wildman–Crippen MR) is 109 cm³/mol. The molecule has 164 valence electrons. The number of carbonyl (C=O) groups excluding carboxylic acids is 1. The Kier molecular flexibility index (Phi) is 6.77. The molecule has 13 heteroatoms. The van der Waals surface area contributed by atoms with E-state index in [9.17, 15) is 22.8 Å². The third kappa shape index (κ3) is 5.81. The Morgan fingerprint density at radius 1 is 1.22 bits per heavy atom. The second-order valence-corrected chi connectivity index (χ2v) is 7.61. The van der Waals surface area contributed by atoms with Gasteiger partial charge in [-0.05, 0) is 12.1 Å². The molecule has 2 radical (unpaired) electrons. The third-order valence-corrected chi connectivity index (χ3v) is 5.10. The number of halogens is 3. The summed E-state index contributed by atoms with van der Waals surface area (Å²) in [5.41, 5.74) is 0.658. The molecule has 0 aliphatic rings. The van der Waals surface area contributed by atoms with Crippen molar-refractivity contribution in [1.29, 1.82) is 0 Å². The van der Waals surface area contributed by atoms with Gasteiger partial charge in [-0.25, -0.2) is 9.78 Å². The van der Waals surface area contributed by atoms with Crippen LogP contribution in [0.25, 0.3) is 10.7 Å². The Labute approximate surface area is 184 Å². The zero-order valence-corrected chi connectivity index (χ0v) is 17.2. The van der Waals surface area contributed by atoms with Crippen LogP contribution in [0.2, 0.25) is 0 Å². The van der Waals surface area contributed by atoms with Crippen LogP contribution in [0.3, 0.4) is 0 Å². The summed E-state index contributed by atoms with van der Waals surface area (Å²) in [5, 5.41) is 12.0. The number of carbonyl (C=O) groups is 2. The summed E-state index contributed by atoms with van der Waals surface area (Å²) in [6, 6.07) is 3.11. The van der Waals surface area contributed by atoms with Gasteiger partial charge < -0.3 is 15.2 Å². The average Bonchev–Trinajstić information content (AvgIpc) is 3.20. The van der Waals surface area contributed by atoms with Crippen LogP contribution in [0.15, 0.2) is 36.8 Å². The number of carboxylic acids is 1. The van der Waals surface area contributed by atoms with E-state index in [2.05, 4.69) is 25.0 Å². The van der Waals surface area contributed by atoms with Crippen molar-refractivity contribution in [2.45, 2.75) is 19.2 Å². The van der Waals surface area contributed by atoms with Crippen molar-refractivity contribution in [1.82, 2.24) is 20.3 Å². The zero-order valence-electron chi connectivity index (χ0n) is 16.4. The minimum Gasteiger partial charge on any atom is -0.477 e. The summed E-state index contributed by atoms with van der Waals surface area (Å²) in [7, 11) is 5.58. The summed E-state index contributed by atoms with van der Waals surface area (Å²) in [4.78, 5) is 36.2. The topological polar surface area (TPSA) is 114 Å². The molecular weight excluding hydrogens is 448 g/mol. The molecule has 32 heavy (non-hydrogen) atoms. The van der Waals surface area contributed by atoms with Crippen LogP contribution < -0.4 is 15.5 Å². The molecule has 1 atom stereocenters. The van der Waals surface area contributed by atoms with Gasteiger partial charge in [-0.15, -0.1) is 24.5 Å². The maximum Gasteiger partial charge on any atom is 0.573 e. The molecule has 0 fully saturated rings. The first-order valence-corrected chi connectivity index (χ1v) is 9.80. The van der Waals surface area contributed by atoms with E-state index in [1.54, 1.807) is 6.92 Å². The summed E-state index contributed by atoms with van der Waals surface area (Å²) < 4.78 is 41.2. The van der Waals surface area contributed by atoms with Crippen LogP contribution in [0.5, 0.6) is 5.75 Å². The molecule has 3 rings (SSSR count). The fourth-order valence-corrected chi connectivity index (χ4v) is 3.51. The number of alkyl halides is 3. The molecule has 0 bridgehead atoms. The molecule has 0 saturated heterocycles. The van der Waals surface area contributed by atoms with Crippen LogP contribution in [0, 0.1) is 0 Å². The average molecular weight is 462 g/mol. The number of benzene rings is 1. The highest BCUT2D eigenvalue weighted by molar-refractivity contribution is 7.16. The van der Waals surface area contributed by atoms with Crippen LogP contribution >= 0.6 is 11.3 Å². The number of aromatic nitrogens is 3. The molecule has 0 spiro atoms. The van der Waals surface area contributed by atoms with Crippen molar-refractivity contribution in [3.8, 4) is 16.5 Å². The number of nitrogens with one attached hydrogen (secondary N) is 1. The van der Waals surface area contributed by atoms with Gasteiger partial charge >= 0.3 is 12.3 Å². The molecule has 0 saturated carbocycles. The molecule has 1 unspecified atom stereocenters. The van der Waals surface area contributed by atoms with E-state index in [4.69, 9.17) is 13.0 Å². The minimum atomic E-state index is -4.92. The van der Waals surface area contributed by atoms with Crippen molar-refractivity contribution < 1.29 is 32.6 Å². The van der Waals surface area contributed by atoms with Gasteiger partial charge in [-0.1, -0.05) is 18.5 Å². The van der Waals surface area contributed by atoms with E-state index >= 15 is 0 Å². The largest absolute Gasteiger partial charge is 0.573 e. The van der Waals surface area contributed by atoms with Crippen molar-refractivity contribution in [3.63, 3.8) is 0 Å². The molecule has 1 aromatic carbocycles. The number of amides is 1. The second kappa shape index (κ2) is 9.34. The lowest BCUT2D eigenvalue weighted by Gasteiger charge is -2.15. The van der Waals surface area contributed by atoms with Gasteiger partial charge in [-0.2, -0.15) is 0 Å². The number of hydrogen-bond donors (Lipinski definition) is 2. The Morgan fingerprint density at radius 2 is 1.94 bits per heavy atom. The molecule has 0 aliphatic heterocycles. The van der Waals surface area contributed by atoms with Gasteiger partial charge in [0.2, 0.25) is 0 Å². The lowest BCUT2D eigenvalue weighted by molar-refractivity contribution is -0.274. The Balaban J connectivity index is 1.74. The lowest BCUT2D eigenvalue weighted by Crippen LogP contribution is -2.29. The van der Waals surface area contributed by atoms with Crippen LogP contribution in [0.1, 0.15) is 38.6 Å². The van der Waals surface area contributed by atoms with E-state index in [0.29, 0.717) is 16.4 Å². The fourth-order valence-electron chi connectivity index (χ4n) is 2.75. The van der Waals surface area contributed by atoms with Crippen LogP contribution in [-0.4, -0.2) is 52.7 Å². The first kappa shape index (κ1) is 23.2. The van der Waals surface area contributed by atoms with E-state index < -0.39 is 24.0 Å². The minimum absolute atomic E-state index is 0.0381. The summed E-state index contributed by atoms with van der Waals surface area (Å²) in [6.45, 7) is 1.81. The van der Waals surface area contributed by atoms with Crippen molar-refractivity contribution in [2.75, 3.05) is 6.54 Å². The standard InChI is InChI=1S/C19H14BF3N4O4S/c1-9(14-15(25-3-2-24-14)17-27-8-13(32-17)18(29)30)7-26-16(28)10-4-11(20)6-12(5-10)31-19(21,22)23/h2-6,8-9H,7H2,1H3,(H,26,28)(H,29,30). The van der Waals surface area contributed by atoms with Gasteiger partial charge in [-0.3, -0.25) is 14.8 Å². The van der Waals surface area contributed by atoms with Crippen LogP contribution in [0.4, 0.5) is 13.2 Å². The Bertz CT molecular complexity index is 1160. The van der Waals surface area contributed by atoms with Gasteiger partial charge in [0.1, 0.15) is 29.2 Å². The first-order valence-electron chi connectivity index (χ1n) is 8.98. The number of thiazole rings is 1. The van der Waals surface area contributed by atoms with E-state index in [1.807, 2.05) is 0 Å². The highest BCUT2D eigenvalue weighted by Gasteiger charge is 2.31. The number of aromatic carboxylic acids is 1. The van der Waals surface area contributed by atoms with Gasteiger partial charge in [0, 0.05) is 30.4 Å². The SMILES string of the molecule is [B]c1cc(OC(F)(F)F)cc(C(=O)NCC(C)c2nccnc2-c2ncc(C(=O)O)s2)c1. The molecule has 2 heterocycles. The van der Waals surface area contributed by atoms with Gasteiger partial charge in [0.15, 0.2) is 0 Å². The number of ether oxygens (including phenoxy) is 1. The monoisotopic (exact) mass is 462 g/mol. The van der Waals surface area contributed by atoms with E-state index in [0.717, 1.165) is 23.5 Å². The molecule has 8 nitrogen and oxygen atoms in total. The summed E-state index contributed by atoms with van der Waals surface area (Å²) in [6.07, 6.45) is -0.829. The molecular formula is C19H14BF3N4O4S. The molecule has 0 aliphatic carbocycles. The number of hydrogen-bond acceptors (Lipinski definition) is 7. The number of carboxylic acid groups (broad SMARTS) is 1. The maximum absolute atomic E-state index is 12.5. The highest BCUT2D eigenvalue weighted by Crippen LogP contribution is 2.29. The summed E-state index contributed by atoms with van der Waals surface area (Å²) >= 11 is 0.934. The van der Waals surface area contributed by atoms with E-state index in [-0.39, 0.29) is 28.4 Å². The maximum atomic E-state index is 12.5. The number of nitrogens with zero attached hydrogens (tertiary/aromatic N) is 3. The Hall–Kier alpha value is -3.48. The Morgan fingerprint density at radius 3 is 2.59 bits per heavy atom. The lowest BCUT2D eigenvalue weighted by atomic mass is 9.93. The fraction of sp³-hybridized carbons (Fsp3) is 0.211.